The summed E-state index contributed by atoms with van der Waals surface area (Å²) in [6.45, 7) is 2.50. The highest BCUT2D eigenvalue weighted by molar-refractivity contribution is 5.94. The van der Waals surface area contributed by atoms with Crippen molar-refractivity contribution in [2.45, 2.75) is 19.9 Å². The number of aryl methyl sites for hydroxylation is 1. The highest BCUT2D eigenvalue weighted by Gasteiger charge is 2.05. The molecule has 0 heterocycles. The van der Waals surface area contributed by atoms with Crippen LogP contribution in [-0.2, 0) is 13.0 Å². The molecule has 2 rings (SSSR count). The molecule has 0 radical (unpaired) electrons. The van der Waals surface area contributed by atoms with E-state index >= 15 is 0 Å². The molecule has 0 unspecified atom stereocenters. The zero-order chi connectivity index (χ0) is 15.9. The van der Waals surface area contributed by atoms with Crippen LogP contribution in [0, 0.1) is 0 Å². The Bertz CT molecular complexity index is 649. The van der Waals surface area contributed by atoms with Gasteiger partial charge in [-0.15, -0.1) is 0 Å². The maximum atomic E-state index is 12.0. The molecule has 0 spiro atoms. The van der Waals surface area contributed by atoms with Gasteiger partial charge in [0.25, 0.3) is 5.91 Å². The largest absolute Gasteiger partial charge is 0.351 e. The Kier molecular flexibility index (Phi) is 5.14. The van der Waals surface area contributed by atoms with E-state index in [9.17, 15) is 9.59 Å². The summed E-state index contributed by atoms with van der Waals surface area (Å²) >= 11 is 0. The maximum Gasteiger partial charge on any atom is 0.316 e. The number of hydrogen-bond acceptors (Lipinski definition) is 2. The van der Waals surface area contributed by atoms with Crippen LogP contribution in [0.1, 0.15) is 28.4 Å². The van der Waals surface area contributed by atoms with Crippen LogP contribution in [0.5, 0.6) is 0 Å². The number of benzene rings is 2. The van der Waals surface area contributed by atoms with Gasteiger partial charge in [0.05, 0.1) is 0 Å². The summed E-state index contributed by atoms with van der Waals surface area (Å²) in [5.41, 5.74) is 8.45. The van der Waals surface area contributed by atoms with E-state index in [0.717, 1.165) is 12.0 Å². The minimum Gasteiger partial charge on any atom is -0.351 e. The van der Waals surface area contributed by atoms with Gasteiger partial charge in [-0.25, -0.2) is 4.79 Å². The fraction of sp³-hybridized carbons (Fsp3) is 0.176. The molecule has 0 aliphatic heterocycles. The second kappa shape index (κ2) is 7.26. The lowest BCUT2D eigenvalue weighted by Gasteiger charge is -2.07. The molecular formula is C17H19N3O2. The van der Waals surface area contributed by atoms with Crippen molar-refractivity contribution in [1.82, 2.24) is 5.32 Å². The summed E-state index contributed by atoms with van der Waals surface area (Å²) in [6.07, 6.45) is 0.952. The molecule has 5 heteroatoms. The third-order valence-electron chi connectivity index (χ3n) is 3.30. The van der Waals surface area contributed by atoms with Crippen LogP contribution in [0.2, 0.25) is 0 Å². The molecule has 2 aromatic rings. The van der Waals surface area contributed by atoms with Crippen LogP contribution in [0.15, 0.2) is 48.5 Å². The van der Waals surface area contributed by atoms with Gasteiger partial charge in [-0.2, -0.15) is 0 Å². The summed E-state index contributed by atoms with van der Waals surface area (Å²) in [5, 5.41) is 5.35. The van der Waals surface area contributed by atoms with E-state index < -0.39 is 6.03 Å². The number of carbonyl (C=O) groups excluding carboxylic acids is 2. The highest BCUT2D eigenvalue weighted by Crippen LogP contribution is 2.10. The molecule has 22 heavy (non-hydrogen) atoms. The number of carbonyl (C=O) groups is 2. The molecule has 0 fully saturated rings. The van der Waals surface area contributed by atoms with Crippen molar-refractivity contribution in [3.05, 3.63) is 65.2 Å². The highest BCUT2D eigenvalue weighted by atomic mass is 16.2. The molecule has 3 amide bonds. The average Bonchev–Trinajstić information content (AvgIpc) is 2.53. The van der Waals surface area contributed by atoms with Gasteiger partial charge in [-0.05, 0) is 41.8 Å². The number of primary amides is 1. The van der Waals surface area contributed by atoms with Gasteiger partial charge in [0.2, 0.25) is 0 Å². The fourth-order valence-corrected chi connectivity index (χ4v) is 2.02. The van der Waals surface area contributed by atoms with Crippen molar-refractivity contribution in [2.75, 3.05) is 5.32 Å². The Labute approximate surface area is 129 Å². The first-order chi connectivity index (χ1) is 10.6. The third kappa shape index (κ3) is 4.34. The summed E-state index contributed by atoms with van der Waals surface area (Å²) in [5.74, 6) is -0.109. The lowest BCUT2D eigenvalue weighted by atomic mass is 10.1. The topological polar surface area (TPSA) is 84.2 Å². The first kappa shape index (κ1) is 15.6. The number of anilines is 1. The quantitative estimate of drug-likeness (QED) is 0.792. The molecule has 0 saturated carbocycles. The lowest BCUT2D eigenvalue weighted by molar-refractivity contribution is 0.0951. The van der Waals surface area contributed by atoms with Crippen molar-refractivity contribution in [2.24, 2.45) is 5.73 Å². The van der Waals surface area contributed by atoms with E-state index in [1.165, 1.54) is 5.56 Å². The zero-order valence-electron chi connectivity index (χ0n) is 12.4. The Morgan fingerprint density at radius 3 is 2.09 bits per heavy atom. The van der Waals surface area contributed by atoms with Gasteiger partial charge in [0.1, 0.15) is 0 Å². The number of urea groups is 1. The lowest BCUT2D eigenvalue weighted by Crippen LogP contribution is -2.22. The van der Waals surface area contributed by atoms with Crippen LogP contribution >= 0.6 is 0 Å². The van der Waals surface area contributed by atoms with Gasteiger partial charge in [-0.1, -0.05) is 31.2 Å². The Morgan fingerprint density at radius 1 is 0.955 bits per heavy atom. The van der Waals surface area contributed by atoms with Crippen LogP contribution in [-0.4, -0.2) is 11.9 Å². The third-order valence-corrected chi connectivity index (χ3v) is 3.30. The van der Waals surface area contributed by atoms with Crippen molar-refractivity contribution in [1.29, 1.82) is 0 Å². The zero-order valence-corrected chi connectivity index (χ0v) is 12.4. The van der Waals surface area contributed by atoms with Gasteiger partial charge in [-0.3, -0.25) is 4.79 Å². The molecule has 0 aromatic heterocycles. The second-order valence-electron chi connectivity index (χ2n) is 4.92. The predicted octanol–water partition coefficient (Wildman–Crippen LogP) is 2.67. The van der Waals surface area contributed by atoms with Crippen LogP contribution in [0.3, 0.4) is 0 Å². The number of rotatable bonds is 5. The first-order valence-corrected chi connectivity index (χ1v) is 7.11. The smallest absolute Gasteiger partial charge is 0.316 e. The average molecular weight is 297 g/mol. The number of nitrogens with one attached hydrogen (secondary N) is 2. The molecular weight excluding hydrogens is 278 g/mol. The fourth-order valence-electron chi connectivity index (χ4n) is 2.02. The Morgan fingerprint density at radius 2 is 1.55 bits per heavy atom. The summed E-state index contributed by atoms with van der Waals surface area (Å²) in [4.78, 5) is 22.8. The van der Waals surface area contributed by atoms with Gasteiger partial charge in [0.15, 0.2) is 0 Å². The SMILES string of the molecule is CCc1ccc(C(=O)NCc2ccc(NC(N)=O)cc2)cc1. The van der Waals surface area contributed by atoms with E-state index in [0.29, 0.717) is 17.8 Å². The van der Waals surface area contributed by atoms with E-state index in [4.69, 9.17) is 5.73 Å². The monoisotopic (exact) mass is 297 g/mol. The summed E-state index contributed by atoms with van der Waals surface area (Å²) in [7, 11) is 0. The minimum atomic E-state index is -0.600. The Hall–Kier alpha value is -2.82. The predicted molar refractivity (Wildman–Crippen MR) is 86.6 cm³/mol. The summed E-state index contributed by atoms with van der Waals surface area (Å²) in [6, 6.07) is 14.1. The van der Waals surface area contributed by atoms with Crippen molar-refractivity contribution >= 4 is 17.6 Å². The molecule has 0 aliphatic carbocycles. The molecule has 0 bridgehead atoms. The molecule has 5 nitrogen and oxygen atoms in total. The van der Waals surface area contributed by atoms with Gasteiger partial charge < -0.3 is 16.4 Å². The molecule has 0 atom stereocenters. The first-order valence-electron chi connectivity index (χ1n) is 7.11. The molecule has 4 N–H and O–H groups in total. The number of amides is 3. The van der Waals surface area contributed by atoms with Crippen molar-refractivity contribution in [3.8, 4) is 0 Å². The van der Waals surface area contributed by atoms with Crippen LogP contribution in [0.4, 0.5) is 10.5 Å². The normalized spacial score (nSPS) is 10.0. The maximum absolute atomic E-state index is 12.0. The van der Waals surface area contributed by atoms with Gasteiger partial charge >= 0.3 is 6.03 Å². The van der Waals surface area contributed by atoms with E-state index in [1.807, 2.05) is 36.4 Å². The number of nitrogens with two attached hydrogens (primary N) is 1. The van der Waals surface area contributed by atoms with Crippen LogP contribution < -0.4 is 16.4 Å². The molecule has 114 valence electrons. The van der Waals surface area contributed by atoms with Crippen LogP contribution in [0.25, 0.3) is 0 Å². The van der Waals surface area contributed by atoms with E-state index in [-0.39, 0.29) is 5.91 Å². The molecule has 0 aliphatic rings. The number of hydrogen-bond donors (Lipinski definition) is 3. The van der Waals surface area contributed by atoms with Crippen molar-refractivity contribution in [3.63, 3.8) is 0 Å². The van der Waals surface area contributed by atoms with Gasteiger partial charge in [0, 0.05) is 17.8 Å². The Balaban J connectivity index is 1.91. The van der Waals surface area contributed by atoms with E-state index in [2.05, 4.69) is 17.6 Å². The second-order valence-corrected chi connectivity index (χ2v) is 4.92. The summed E-state index contributed by atoms with van der Waals surface area (Å²) < 4.78 is 0. The van der Waals surface area contributed by atoms with E-state index in [1.54, 1.807) is 12.1 Å². The standard InChI is InChI=1S/C17H19N3O2/c1-2-12-3-7-14(8-4-12)16(21)19-11-13-5-9-15(10-6-13)20-17(18)22/h3-10H,2,11H2,1H3,(H,19,21)(H3,18,20,22). The molecule has 0 saturated heterocycles. The minimum absolute atomic E-state index is 0.109. The van der Waals surface area contributed by atoms with Crippen molar-refractivity contribution < 1.29 is 9.59 Å². The molecule has 2 aromatic carbocycles.